The molecule has 0 spiro atoms. The maximum atomic E-state index is 10.8. The smallest absolute Gasteiger partial charge is 0.273 e. The molecule has 0 bridgehead atoms. The third-order valence-corrected chi connectivity index (χ3v) is 3.41. The lowest BCUT2D eigenvalue weighted by Crippen LogP contribution is -2.12. The summed E-state index contributed by atoms with van der Waals surface area (Å²) in [7, 11) is 0. The van der Waals surface area contributed by atoms with E-state index in [9.17, 15) is 25.0 Å². The molecule has 0 atom stereocenters. The third kappa shape index (κ3) is 5.56. The van der Waals surface area contributed by atoms with Gasteiger partial charge in [0.05, 0.1) is 21.5 Å². The van der Waals surface area contributed by atoms with Crippen LogP contribution in [0, 0.1) is 31.6 Å². The second kappa shape index (κ2) is 9.56. The Morgan fingerprint density at radius 1 is 0.963 bits per heavy atom. The minimum Gasteiger partial charge on any atom is -0.366 e. The van der Waals surface area contributed by atoms with Crippen molar-refractivity contribution in [2.45, 2.75) is 13.1 Å². The fraction of sp³-hybridized carbons (Fsp3) is 0.125. The summed E-state index contributed by atoms with van der Waals surface area (Å²) in [6, 6.07) is 9.87. The van der Waals surface area contributed by atoms with E-state index in [1.54, 1.807) is 0 Å². The summed E-state index contributed by atoms with van der Waals surface area (Å²) in [5, 5.41) is 29.5. The summed E-state index contributed by atoms with van der Waals surface area (Å²) in [6.07, 6.45) is 0. The highest BCUT2D eigenvalue weighted by molar-refractivity contribution is 5.93. The molecule has 0 aliphatic heterocycles. The van der Waals surface area contributed by atoms with Crippen LogP contribution in [0.3, 0.4) is 0 Å². The Hall–Kier alpha value is -3.88. The fourth-order valence-corrected chi connectivity index (χ4v) is 2.08. The van der Waals surface area contributed by atoms with Gasteiger partial charge >= 0.3 is 0 Å². The number of hydrogen-bond donors (Lipinski definition) is 3. The zero-order chi connectivity index (χ0) is 20.6. The first-order valence-corrected chi connectivity index (χ1v) is 7.39. The summed E-state index contributed by atoms with van der Waals surface area (Å²) in [5.41, 5.74) is 16.7. The van der Waals surface area contributed by atoms with Gasteiger partial charge in [-0.25, -0.2) is 0 Å². The van der Waals surface area contributed by atoms with Gasteiger partial charge in [-0.2, -0.15) is 5.26 Å². The highest BCUT2D eigenvalue weighted by Gasteiger charge is 2.14. The summed E-state index contributed by atoms with van der Waals surface area (Å²) in [6.45, 7) is 0.0588. The Morgan fingerprint density at radius 2 is 1.44 bits per heavy atom. The highest BCUT2D eigenvalue weighted by Crippen LogP contribution is 2.19. The second-order valence-corrected chi connectivity index (χ2v) is 5.09. The topological polar surface area (TPSA) is 205 Å². The van der Waals surface area contributed by atoms with Crippen molar-refractivity contribution >= 4 is 17.3 Å². The normalized spacial score (nSPS) is 9.52. The number of nitriles is 1. The van der Waals surface area contributed by atoms with E-state index < -0.39 is 15.8 Å². The van der Waals surface area contributed by atoms with Crippen LogP contribution in [-0.2, 0) is 13.1 Å². The minimum atomic E-state index is -0.630. The number of carbonyl (C=O) groups excluding carboxylic acids is 1. The van der Waals surface area contributed by atoms with Crippen molar-refractivity contribution in [1.29, 1.82) is 5.26 Å². The largest absolute Gasteiger partial charge is 0.366 e. The number of nitrogens with two attached hydrogens (primary N) is 3. The zero-order valence-corrected chi connectivity index (χ0v) is 14.0. The summed E-state index contributed by atoms with van der Waals surface area (Å²) in [4.78, 5) is 30.6. The van der Waals surface area contributed by atoms with Gasteiger partial charge in [-0.1, -0.05) is 0 Å². The van der Waals surface area contributed by atoms with Crippen LogP contribution in [0.25, 0.3) is 0 Å². The van der Waals surface area contributed by atoms with Gasteiger partial charge < -0.3 is 17.2 Å². The highest BCUT2D eigenvalue weighted by atomic mass is 16.6. The van der Waals surface area contributed by atoms with Gasteiger partial charge in [-0.15, -0.1) is 0 Å². The first kappa shape index (κ1) is 21.2. The molecule has 2 aromatic carbocycles. The van der Waals surface area contributed by atoms with Gasteiger partial charge in [-0.3, -0.25) is 25.0 Å². The minimum absolute atomic E-state index is 0.00255. The van der Waals surface area contributed by atoms with Gasteiger partial charge in [0.1, 0.15) is 0 Å². The molecule has 6 N–H and O–H groups in total. The molecule has 1 amide bonds. The fourth-order valence-electron chi connectivity index (χ4n) is 2.08. The molecule has 0 heterocycles. The summed E-state index contributed by atoms with van der Waals surface area (Å²) >= 11 is 0. The van der Waals surface area contributed by atoms with Crippen molar-refractivity contribution in [3.05, 3.63) is 78.9 Å². The summed E-state index contributed by atoms with van der Waals surface area (Å²) < 4.78 is 0. The van der Waals surface area contributed by atoms with Crippen LogP contribution < -0.4 is 17.2 Å². The number of rotatable bonds is 5. The van der Waals surface area contributed by atoms with Crippen LogP contribution in [0.1, 0.15) is 27.0 Å². The van der Waals surface area contributed by atoms with E-state index in [-0.39, 0.29) is 30.0 Å². The molecule has 0 aliphatic rings. The van der Waals surface area contributed by atoms with E-state index in [0.717, 1.165) is 0 Å². The lowest BCUT2D eigenvalue weighted by molar-refractivity contribution is -0.385. The number of carbonyl (C=O) groups is 1. The maximum Gasteiger partial charge on any atom is 0.273 e. The zero-order valence-electron chi connectivity index (χ0n) is 14.0. The molecule has 2 aromatic rings. The Labute approximate surface area is 153 Å². The maximum absolute atomic E-state index is 10.8. The predicted molar refractivity (Wildman–Crippen MR) is 95.2 cm³/mol. The summed E-state index contributed by atoms with van der Waals surface area (Å²) in [5.74, 6) is -0.630. The van der Waals surface area contributed by atoms with Crippen molar-refractivity contribution in [2.24, 2.45) is 17.2 Å². The Morgan fingerprint density at radius 3 is 1.85 bits per heavy atom. The standard InChI is InChI=1S/C8H9N3O3.C8H7N3O2/c9-4-6-3-5(8(10)12)1-2-7(6)11(13)14;9-4-6-1-2-8(11(12)13)7(3-6)5-10/h1-3H,4,9H2,(H2,10,12);1-3H,5,10H2. The number of benzene rings is 2. The van der Waals surface area contributed by atoms with Gasteiger partial charge in [0.25, 0.3) is 11.4 Å². The van der Waals surface area contributed by atoms with Gasteiger partial charge in [0, 0.05) is 41.9 Å². The van der Waals surface area contributed by atoms with Crippen LogP contribution in [0.2, 0.25) is 0 Å². The number of hydrogen-bond acceptors (Lipinski definition) is 8. The number of nitrogens with zero attached hydrogens (tertiary/aromatic N) is 3. The molecule has 0 unspecified atom stereocenters. The van der Waals surface area contributed by atoms with E-state index >= 15 is 0 Å². The quantitative estimate of drug-likeness (QED) is 0.510. The number of nitro benzene ring substituents is 2. The molecule has 140 valence electrons. The first-order chi connectivity index (χ1) is 12.7. The van der Waals surface area contributed by atoms with Crippen LogP contribution in [0.15, 0.2) is 36.4 Å². The Kier molecular flexibility index (Phi) is 7.50. The Bertz CT molecular complexity index is 922. The predicted octanol–water partition coefficient (Wildman–Crippen LogP) is 1.08. The Balaban J connectivity index is 0.000000271. The molecule has 0 fully saturated rings. The van der Waals surface area contributed by atoms with E-state index in [1.165, 1.54) is 36.4 Å². The average Bonchev–Trinajstić information content (AvgIpc) is 2.66. The van der Waals surface area contributed by atoms with Crippen molar-refractivity contribution in [3.63, 3.8) is 0 Å². The van der Waals surface area contributed by atoms with Crippen molar-refractivity contribution < 1.29 is 14.6 Å². The lowest BCUT2D eigenvalue weighted by atomic mass is 10.1. The van der Waals surface area contributed by atoms with E-state index in [2.05, 4.69) is 0 Å². The van der Waals surface area contributed by atoms with Crippen LogP contribution in [0.4, 0.5) is 11.4 Å². The number of primary amides is 1. The van der Waals surface area contributed by atoms with E-state index in [1.807, 2.05) is 6.07 Å². The van der Waals surface area contributed by atoms with Gasteiger partial charge in [0.2, 0.25) is 5.91 Å². The molecular formula is C16H16N6O5. The average molecular weight is 372 g/mol. The number of amides is 1. The van der Waals surface area contributed by atoms with Crippen LogP contribution in [0.5, 0.6) is 0 Å². The lowest BCUT2D eigenvalue weighted by Gasteiger charge is -2.01. The molecule has 0 saturated carbocycles. The third-order valence-electron chi connectivity index (χ3n) is 3.41. The molecule has 0 saturated heterocycles. The van der Waals surface area contributed by atoms with Gasteiger partial charge in [0.15, 0.2) is 0 Å². The monoisotopic (exact) mass is 372 g/mol. The van der Waals surface area contributed by atoms with E-state index in [0.29, 0.717) is 16.7 Å². The number of nitro groups is 2. The van der Waals surface area contributed by atoms with Gasteiger partial charge in [-0.05, 0) is 24.3 Å². The second-order valence-electron chi connectivity index (χ2n) is 5.09. The SMILES string of the molecule is N#Cc1ccc([N+](=O)[O-])c(CN)c1.NCc1cc(C(N)=O)ccc1[N+](=O)[O-]. The first-order valence-electron chi connectivity index (χ1n) is 7.39. The van der Waals surface area contributed by atoms with Crippen molar-refractivity contribution in [1.82, 2.24) is 0 Å². The molecular weight excluding hydrogens is 356 g/mol. The molecule has 0 radical (unpaired) electrons. The molecule has 0 aliphatic carbocycles. The van der Waals surface area contributed by atoms with Crippen molar-refractivity contribution in [2.75, 3.05) is 0 Å². The molecule has 11 nitrogen and oxygen atoms in total. The van der Waals surface area contributed by atoms with E-state index in [4.69, 9.17) is 22.5 Å². The molecule has 27 heavy (non-hydrogen) atoms. The van der Waals surface area contributed by atoms with Crippen LogP contribution in [-0.4, -0.2) is 15.8 Å². The molecule has 2 rings (SSSR count). The molecule has 0 aromatic heterocycles. The van der Waals surface area contributed by atoms with Crippen LogP contribution >= 0.6 is 0 Å². The molecule has 11 heteroatoms. The van der Waals surface area contributed by atoms with Crippen molar-refractivity contribution in [3.8, 4) is 6.07 Å².